The first-order valence-electron chi connectivity index (χ1n) is 8.87. The topological polar surface area (TPSA) is 101 Å². The Kier molecular flexibility index (Phi) is 6.91. The van der Waals surface area contributed by atoms with Crippen molar-refractivity contribution < 1.29 is 13.2 Å². The molecule has 0 saturated carbocycles. The SMILES string of the molecule is C=CCSc1nnc(NC(=O)c2ccc(C)c(S(=O)(=O)Nc3ccc(C)cc3)c2)s1. The zero-order valence-corrected chi connectivity index (χ0v) is 18.8. The molecule has 0 bridgehead atoms. The van der Waals surface area contributed by atoms with Crippen LogP contribution in [0.3, 0.4) is 0 Å². The van der Waals surface area contributed by atoms with E-state index in [1.807, 2.05) is 19.1 Å². The van der Waals surface area contributed by atoms with E-state index in [2.05, 4.69) is 26.8 Å². The minimum Gasteiger partial charge on any atom is -0.296 e. The van der Waals surface area contributed by atoms with Crippen LogP contribution < -0.4 is 10.0 Å². The Bertz CT molecular complexity index is 1170. The molecule has 10 heteroatoms. The minimum absolute atomic E-state index is 0.0372. The molecule has 1 heterocycles. The van der Waals surface area contributed by atoms with Crippen LogP contribution in [0.25, 0.3) is 0 Å². The lowest BCUT2D eigenvalue weighted by molar-refractivity contribution is 0.102. The van der Waals surface area contributed by atoms with Crippen LogP contribution in [0.5, 0.6) is 0 Å². The zero-order valence-electron chi connectivity index (χ0n) is 16.4. The maximum Gasteiger partial charge on any atom is 0.262 e. The first kappa shape index (κ1) is 22.0. The molecule has 2 aromatic carbocycles. The quantitative estimate of drug-likeness (QED) is 0.292. The Hall–Kier alpha value is -2.69. The van der Waals surface area contributed by atoms with Gasteiger partial charge in [-0.25, -0.2) is 8.42 Å². The number of nitrogens with one attached hydrogen (secondary N) is 2. The lowest BCUT2D eigenvalue weighted by atomic mass is 10.1. The van der Waals surface area contributed by atoms with Crippen LogP contribution in [0, 0.1) is 13.8 Å². The van der Waals surface area contributed by atoms with Gasteiger partial charge >= 0.3 is 0 Å². The monoisotopic (exact) mass is 460 g/mol. The van der Waals surface area contributed by atoms with Gasteiger partial charge < -0.3 is 0 Å². The number of aryl methyl sites for hydroxylation is 2. The van der Waals surface area contributed by atoms with Crippen molar-refractivity contribution in [2.75, 3.05) is 15.8 Å². The summed E-state index contributed by atoms with van der Waals surface area (Å²) in [6, 6.07) is 11.5. The first-order chi connectivity index (χ1) is 14.3. The lowest BCUT2D eigenvalue weighted by Gasteiger charge is -2.12. The van der Waals surface area contributed by atoms with Crippen molar-refractivity contribution in [1.29, 1.82) is 0 Å². The molecule has 7 nitrogen and oxygen atoms in total. The van der Waals surface area contributed by atoms with Crippen LogP contribution in [-0.4, -0.2) is 30.3 Å². The highest BCUT2D eigenvalue weighted by atomic mass is 32.2. The molecule has 0 atom stereocenters. The summed E-state index contributed by atoms with van der Waals surface area (Å²) in [6.07, 6.45) is 1.75. The Morgan fingerprint density at radius 2 is 1.90 bits per heavy atom. The molecule has 156 valence electrons. The number of amides is 1. The van der Waals surface area contributed by atoms with Gasteiger partial charge in [-0.1, -0.05) is 52.9 Å². The van der Waals surface area contributed by atoms with Crippen molar-refractivity contribution in [2.45, 2.75) is 23.1 Å². The van der Waals surface area contributed by atoms with Crippen molar-refractivity contribution in [3.05, 3.63) is 71.8 Å². The largest absolute Gasteiger partial charge is 0.296 e. The van der Waals surface area contributed by atoms with Crippen molar-refractivity contribution in [3.63, 3.8) is 0 Å². The van der Waals surface area contributed by atoms with E-state index >= 15 is 0 Å². The number of nitrogens with zero attached hydrogens (tertiary/aromatic N) is 2. The van der Waals surface area contributed by atoms with E-state index in [0.29, 0.717) is 26.5 Å². The smallest absolute Gasteiger partial charge is 0.262 e. The fourth-order valence-corrected chi connectivity index (χ4v) is 5.32. The van der Waals surface area contributed by atoms with Gasteiger partial charge in [-0.15, -0.1) is 16.8 Å². The Morgan fingerprint density at radius 1 is 1.17 bits per heavy atom. The molecule has 2 N–H and O–H groups in total. The molecule has 3 rings (SSSR count). The van der Waals surface area contributed by atoms with Crippen molar-refractivity contribution in [1.82, 2.24) is 10.2 Å². The average molecular weight is 461 g/mol. The predicted molar refractivity (Wildman–Crippen MR) is 122 cm³/mol. The molecule has 0 aliphatic rings. The van der Waals surface area contributed by atoms with E-state index in [-0.39, 0.29) is 10.5 Å². The number of aromatic nitrogens is 2. The van der Waals surface area contributed by atoms with E-state index in [1.54, 1.807) is 37.3 Å². The average Bonchev–Trinajstić information content (AvgIpc) is 3.15. The number of benzene rings is 2. The third-order valence-electron chi connectivity index (χ3n) is 4.00. The van der Waals surface area contributed by atoms with Crippen LogP contribution in [-0.2, 0) is 10.0 Å². The summed E-state index contributed by atoms with van der Waals surface area (Å²) < 4.78 is 29.0. The second kappa shape index (κ2) is 9.41. The second-order valence-corrected chi connectivity index (χ2v) is 10.3. The van der Waals surface area contributed by atoms with Crippen molar-refractivity contribution >= 4 is 49.8 Å². The number of hydrogen-bond donors (Lipinski definition) is 2. The highest BCUT2D eigenvalue weighted by molar-refractivity contribution is 8.01. The molecule has 0 saturated heterocycles. The molecule has 0 aliphatic heterocycles. The first-order valence-corrected chi connectivity index (χ1v) is 12.2. The lowest BCUT2D eigenvalue weighted by Crippen LogP contribution is -2.17. The van der Waals surface area contributed by atoms with Gasteiger partial charge in [0.05, 0.1) is 4.90 Å². The summed E-state index contributed by atoms with van der Waals surface area (Å²) >= 11 is 2.70. The van der Waals surface area contributed by atoms with Crippen LogP contribution in [0.1, 0.15) is 21.5 Å². The van der Waals surface area contributed by atoms with Gasteiger partial charge in [-0.05, 0) is 43.7 Å². The van der Waals surface area contributed by atoms with Crippen LogP contribution in [0.4, 0.5) is 10.8 Å². The molecule has 1 amide bonds. The summed E-state index contributed by atoms with van der Waals surface area (Å²) in [5.41, 5.74) is 2.22. The number of carbonyl (C=O) groups excluding carboxylic acids is 1. The van der Waals surface area contributed by atoms with E-state index in [9.17, 15) is 13.2 Å². The molecular weight excluding hydrogens is 440 g/mol. The summed E-state index contributed by atoms with van der Waals surface area (Å²) in [4.78, 5) is 12.7. The molecule has 0 spiro atoms. The highest BCUT2D eigenvalue weighted by Gasteiger charge is 2.20. The second-order valence-electron chi connectivity index (χ2n) is 6.38. The van der Waals surface area contributed by atoms with Gasteiger partial charge in [0.15, 0.2) is 4.34 Å². The van der Waals surface area contributed by atoms with Crippen LogP contribution in [0.15, 0.2) is 64.4 Å². The third kappa shape index (κ3) is 5.47. The molecule has 0 fully saturated rings. The Balaban J connectivity index is 1.79. The van der Waals surface area contributed by atoms with E-state index in [1.165, 1.54) is 29.2 Å². The summed E-state index contributed by atoms with van der Waals surface area (Å²) in [6.45, 7) is 7.25. The summed E-state index contributed by atoms with van der Waals surface area (Å²) in [5.74, 6) is 0.230. The van der Waals surface area contributed by atoms with Crippen molar-refractivity contribution in [3.8, 4) is 0 Å². The van der Waals surface area contributed by atoms with E-state index in [0.717, 1.165) is 5.56 Å². The maximum absolute atomic E-state index is 12.9. The van der Waals surface area contributed by atoms with Crippen LogP contribution >= 0.6 is 23.1 Å². The third-order valence-corrected chi connectivity index (χ3v) is 7.49. The Morgan fingerprint density at radius 3 is 2.60 bits per heavy atom. The summed E-state index contributed by atoms with van der Waals surface area (Å²) in [7, 11) is -3.86. The zero-order chi connectivity index (χ0) is 21.7. The summed E-state index contributed by atoms with van der Waals surface area (Å²) in [5, 5.41) is 10.9. The Labute approximate surface area is 183 Å². The molecule has 1 aromatic heterocycles. The maximum atomic E-state index is 12.9. The number of carbonyl (C=O) groups is 1. The van der Waals surface area contributed by atoms with Gasteiger partial charge in [0, 0.05) is 17.0 Å². The van der Waals surface area contributed by atoms with Crippen molar-refractivity contribution in [2.24, 2.45) is 0 Å². The molecule has 0 radical (unpaired) electrons. The van der Waals surface area contributed by atoms with E-state index < -0.39 is 15.9 Å². The van der Waals surface area contributed by atoms with Gasteiger partial charge in [0.1, 0.15) is 0 Å². The number of rotatable bonds is 8. The molecule has 3 aromatic rings. The molecule has 30 heavy (non-hydrogen) atoms. The fourth-order valence-electron chi connectivity index (χ4n) is 2.48. The standard InChI is InChI=1S/C20H20N4O3S3/c1-4-11-28-20-23-22-19(29-20)21-18(25)15-8-7-14(3)17(12-15)30(26,27)24-16-9-5-13(2)6-10-16/h4-10,12,24H,1,11H2,2-3H3,(H,21,22,25). The number of anilines is 2. The molecular formula is C20H20N4O3S3. The number of thioether (sulfide) groups is 1. The van der Waals surface area contributed by atoms with Gasteiger partial charge in [0.2, 0.25) is 5.13 Å². The number of hydrogen-bond acceptors (Lipinski definition) is 7. The predicted octanol–water partition coefficient (Wildman–Crippen LogP) is 4.49. The van der Waals surface area contributed by atoms with Crippen LogP contribution in [0.2, 0.25) is 0 Å². The molecule has 0 unspecified atom stereocenters. The van der Waals surface area contributed by atoms with Gasteiger partial charge in [-0.2, -0.15) is 0 Å². The number of sulfonamides is 1. The fraction of sp³-hybridized carbons (Fsp3) is 0.150. The normalized spacial score (nSPS) is 11.1. The van der Waals surface area contributed by atoms with Gasteiger partial charge in [0.25, 0.3) is 15.9 Å². The molecule has 0 aliphatic carbocycles. The highest BCUT2D eigenvalue weighted by Crippen LogP contribution is 2.26. The van der Waals surface area contributed by atoms with E-state index in [4.69, 9.17) is 0 Å². The minimum atomic E-state index is -3.86. The van der Waals surface area contributed by atoms with Gasteiger partial charge in [-0.3, -0.25) is 14.8 Å².